The highest BCUT2D eigenvalue weighted by Gasteiger charge is 2.26. The molecule has 17 heavy (non-hydrogen) atoms. The number of aryl methyl sites for hydroxylation is 1. The van der Waals surface area contributed by atoms with Crippen molar-refractivity contribution in [3.63, 3.8) is 0 Å². The molecule has 0 N–H and O–H groups in total. The second kappa shape index (κ2) is 5.05. The van der Waals surface area contributed by atoms with Gasteiger partial charge in [0.05, 0.1) is 0 Å². The minimum atomic E-state index is 0.587. The monoisotopic (exact) mass is 233 g/mol. The fourth-order valence-corrected chi connectivity index (χ4v) is 2.72. The molecule has 1 fully saturated rings. The van der Waals surface area contributed by atoms with Crippen molar-refractivity contribution in [1.82, 2.24) is 9.88 Å². The molecule has 0 amide bonds. The third-order valence-corrected chi connectivity index (χ3v) is 3.70. The molecule has 1 unspecified atom stereocenters. The van der Waals surface area contributed by atoms with Crippen molar-refractivity contribution in [2.24, 2.45) is 0 Å². The number of aromatic nitrogens is 1. The molecule has 3 heteroatoms. The lowest BCUT2D eigenvalue weighted by Gasteiger charge is -2.25. The van der Waals surface area contributed by atoms with Gasteiger partial charge < -0.3 is 4.90 Å². The van der Waals surface area contributed by atoms with Gasteiger partial charge in [-0.25, -0.2) is 4.98 Å². The minimum absolute atomic E-state index is 0.587. The Labute approximate surface area is 104 Å². The van der Waals surface area contributed by atoms with E-state index in [2.05, 4.69) is 40.8 Å². The molecule has 2 rings (SSSR count). The molecule has 1 aromatic heterocycles. The van der Waals surface area contributed by atoms with E-state index in [4.69, 9.17) is 0 Å². The zero-order valence-electron chi connectivity index (χ0n) is 11.4. The molecule has 1 atom stereocenters. The fourth-order valence-electron chi connectivity index (χ4n) is 2.72. The smallest absolute Gasteiger partial charge is 0.128 e. The molecule has 0 radical (unpaired) electrons. The van der Waals surface area contributed by atoms with Crippen molar-refractivity contribution < 1.29 is 0 Å². The molecule has 0 aromatic carbocycles. The van der Waals surface area contributed by atoms with E-state index >= 15 is 0 Å². The Balaban J connectivity index is 2.27. The van der Waals surface area contributed by atoms with Crippen molar-refractivity contribution in [2.45, 2.75) is 32.7 Å². The summed E-state index contributed by atoms with van der Waals surface area (Å²) in [6, 6.07) is 4.98. The highest BCUT2D eigenvalue weighted by atomic mass is 15.2. The van der Waals surface area contributed by atoms with Crippen LogP contribution in [0.4, 0.5) is 5.82 Å². The first kappa shape index (κ1) is 12.4. The minimum Gasteiger partial charge on any atom is -0.363 e. The summed E-state index contributed by atoms with van der Waals surface area (Å²) in [7, 11) is 4.07. The van der Waals surface area contributed by atoms with Crippen LogP contribution in [0.3, 0.4) is 0 Å². The van der Waals surface area contributed by atoms with Crippen LogP contribution in [0.25, 0.3) is 0 Å². The van der Waals surface area contributed by atoms with Gasteiger partial charge in [0.2, 0.25) is 0 Å². The van der Waals surface area contributed by atoms with Crippen LogP contribution in [0.1, 0.15) is 37.1 Å². The maximum Gasteiger partial charge on any atom is 0.128 e. The molecule has 3 nitrogen and oxygen atoms in total. The number of rotatable bonds is 3. The van der Waals surface area contributed by atoms with Crippen molar-refractivity contribution in [1.29, 1.82) is 0 Å². The third kappa shape index (κ3) is 2.44. The van der Waals surface area contributed by atoms with Crippen LogP contribution >= 0.6 is 0 Å². The first-order chi connectivity index (χ1) is 8.13. The summed E-state index contributed by atoms with van der Waals surface area (Å²) in [6.07, 6.45) is 2.59. The van der Waals surface area contributed by atoms with E-state index in [0.29, 0.717) is 6.04 Å². The summed E-state index contributed by atoms with van der Waals surface area (Å²) in [5, 5.41) is 0. The lowest BCUT2D eigenvalue weighted by atomic mass is 10.0. The Bertz CT molecular complexity index is 387. The number of anilines is 1. The summed E-state index contributed by atoms with van der Waals surface area (Å²) in [6.45, 7) is 6.75. The Morgan fingerprint density at radius 2 is 2.18 bits per heavy atom. The van der Waals surface area contributed by atoms with Gasteiger partial charge in [-0.05, 0) is 44.5 Å². The van der Waals surface area contributed by atoms with Crippen LogP contribution in [0.15, 0.2) is 12.1 Å². The molecule has 0 bridgehead atoms. The molecule has 1 aromatic rings. The molecule has 0 aliphatic carbocycles. The van der Waals surface area contributed by atoms with Crippen LogP contribution in [-0.4, -0.2) is 37.1 Å². The largest absolute Gasteiger partial charge is 0.363 e. The number of pyridine rings is 1. The number of hydrogen-bond acceptors (Lipinski definition) is 3. The molecule has 2 heterocycles. The van der Waals surface area contributed by atoms with Gasteiger partial charge in [0, 0.05) is 25.8 Å². The van der Waals surface area contributed by atoms with E-state index in [1.807, 2.05) is 14.1 Å². The van der Waals surface area contributed by atoms with Crippen LogP contribution in [-0.2, 0) is 0 Å². The lowest BCUT2D eigenvalue weighted by molar-refractivity contribution is 0.270. The van der Waals surface area contributed by atoms with E-state index in [1.54, 1.807) is 0 Å². The zero-order chi connectivity index (χ0) is 12.4. The molecule has 1 aliphatic rings. The molecular formula is C14H23N3. The highest BCUT2D eigenvalue weighted by molar-refractivity contribution is 5.41. The Kier molecular flexibility index (Phi) is 3.67. The van der Waals surface area contributed by atoms with Gasteiger partial charge in [-0.15, -0.1) is 0 Å². The van der Waals surface area contributed by atoms with E-state index in [9.17, 15) is 0 Å². The quantitative estimate of drug-likeness (QED) is 0.800. The van der Waals surface area contributed by atoms with Crippen molar-refractivity contribution in [2.75, 3.05) is 32.1 Å². The van der Waals surface area contributed by atoms with Crippen LogP contribution in [0.2, 0.25) is 0 Å². The van der Waals surface area contributed by atoms with E-state index in [0.717, 1.165) is 12.4 Å². The standard InChI is InChI=1S/C14H23N3/c1-5-17-10-6-7-13(17)12-8-9-14(16(3)4)15-11(12)2/h8-9,13H,5-7,10H2,1-4H3. The predicted molar refractivity (Wildman–Crippen MR) is 72.5 cm³/mol. The van der Waals surface area contributed by atoms with Crippen molar-refractivity contribution in [3.05, 3.63) is 23.4 Å². The van der Waals surface area contributed by atoms with Gasteiger partial charge in [0.25, 0.3) is 0 Å². The summed E-state index contributed by atoms with van der Waals surface area (Å²) in [5.41, 5.74) is 2.59. The lowest BCUT2D eigenvalue weighted by Crippen LogP contribution is -2.23. The zero-order valence-corrected chi connectivity index (χ0v) is 11.4. The summed E-state index contributed by atoms with van der Waals surface area (Å²) >= 11 is 0. The average Bonchev–Trinajstić information content (AvgIpc) is 2.76. The number of hydrogen-bond donors (Lipinski definition) is 0. The Hall–Kier alpha value is -1.09. The molecule has 0 spiro atoms. The van der Waals surface area contributed by atoms with Crippen LogP contribution in [0.5, 0.6) is 0 Å². The normalized spacial score (nSPS) is 20.8. The van der Waals surface area contributed by atoms with Gasteiger partial charge >= 0.3 is 0 Å². The molecule has 94 valence electrons. The fraction of sp³-hybridized carbons (Fsp3) is 0.643. The van der Waals surface area contributed by atoms with Crippen molar-refractivity contribution >= 4 is 5.82 Å². The topological polar surface area (TPSA) is 19.4 Å². The molecule has 1 saturated heterocycles. The molecule has 0 saturated carbocycles. The summed E-state index contributed by atoms with van der Waals surface area (Å²) < 4.78 is 0. The second-order valence-electron chi connectivity index (χ2n) is 5.03. The van der Waals surface area contributed by atoms with Crippen LogP contribution < -0.4 is 4.90 Å². The number of nitrogens with zero attached hydrogens (tertiary/aromatic N) is 3. The maximum absolute atomic E-state index is 4.69. The third-order valence-electron chi connectivity index (χ3n) is 3.70. The summed E-state index contributed by atoms with van der Waals surface area (Å²) in [5.74, 6) is 1.05. The molecular weight excluding hydrogens is 210 g/mol. The number of likely N-dealkylation sites (tertiary alicyclic amines) is 1. The maximum atomic E-state index is 4.69. The first-order valence-corrected chi connectivity index (χ1v) is 6.52. The van der Waals surface area contributed by atoms with E-state index in [1.165, 1.54) is 30.6 Å². The SMILES string of the molecule is CCN1CCCC1c1ccc(N(C)C)nc1C. The van der Waals surface area contributed by atoms with Gasteiger partial charge in [0.15, 0.2) is 0 Å². The Morgan fingerprint density at radius 1 is 1.41 bits per heavy atom. The van der Waals surface area contributed by atoms with Crippen molar-refractivity contribution in [3.8, 4) is 0 Å². The van der Waals surface area contributed by atoms with E-state index in [-0.39, 0.29) is 0 Å². The van der Waals surface area contributed by atoms with Crippen LogP contribution in [0, 0.1) is 6.92 Å². The van der Waals surface area contributed by atoms with Gasteiger partial charge in [0.1, 0.15) is 5.82 Å². The first-order valence-electron chi connectivity index (χ1n) is 6.52. The van der Waals surface area contributed by atoms with Gasteiger partial charge in [-0.2, -0.15) is 0 Å². The average molecular weight is 233 g/mol. The van der Waals surface area contributed by atoms with E-state index < -0.39 is 0 Å². The Morgan fingerprint density at radius 3 is 2.76 bits per heavy atom. The molecule has 1 aliphatic heterocycles. The highest BCUT2D eigenvalue weighted by Crippen LogP contribution is 2.33. The predicted octanol–water partition coefficient (Wildman–Crippen LogP) is 2.61. The van der Waals surface area contributed by atoms with Gasteiger partial charge in [-0.1, -0.05) is 13.0 Å². The van der Waals surface area contributed by atoms with Gasteiger partial charge in [-0.3, -0.25) is 4.90 Å². The second-order valence-corrected chi connectivity index (χ2v) is 5.03. The summed E-state index contributed by atoms with van der Waals surface area (Å²) in [4.78, 5) is 9.30.